The third-order valence-electron chi connectivity index (χ3n) is 4.66. The van der Waals surface area contributed by atoms with Gasteiger partial charge in [-0.05, 0) is 44.9 Å². The molecule has 0 unspecified atom stereocenters. The molecular weight excluding hydrogens is 402 g/mol. The van der Waals surface area contributed by atoms with Gasteiger partial charge >= 0.3 is 11.9 Å². The second-order valence-electron chi connectivity index (χ2n) is 9.16. The van der Waals surface area contributed by atoms with E-state index in [4.69, 9.17) is 9.84 Å². The molecule has 0 aliphatic heterocycles. The molecule has 0 aromatic rings. The number of likely N-dealkylation sites (N-methyl/N-ethyl adjacent to an activating group) is 1. The highest BCUT2D eigenvalue weighted by molar-refractivity contribution is 5.71. The number of hydrogen-bond donors (Lipinski definition) is 1. The molecule has 0 saturated carbocycles. The highest BCUT2D eigenvalue weighted by Gasteiger charge is 2.24. The molecule has 0 aromatic carbocycles. The van der Waals surface area contributed by atoms with Gasteiger partial charge < -0.3 is 14.3 Å². The summed E-state index contributed by atoms with van der Waals surface area (Å²) in [5, 5.41) is 9.01. The molecule has 0 heterocycles. The van der Waals surface area contributed by atoms with Crippen molar-refractivity contribution in [3.63, 3.8) is 0 Å². The van der Waals surface area contributed by atoms with Crippen molar-refractivity contribution in [3.8, 4) is 0 Å². The normalized spacial score (nSPS) is 13.6. The summed E-state index contributed by atoms with van der Waals surface area (Å²) in [5.74, 6) is -1.27. The molecule has 0 saturated heterocycles. The van der Waals surface area contributed by atoms with E-state index in [1.807, 2.05) is 21.1 Å². The zero-order valence-corrected chi connectivity index (χ0v) is 20.8. The quantitative estimate of drug-likeness (QED) is 0.110. The molecule has 0 amide bonds. The lowest BCUT2D eigenvalue weighted by atomic mass is 10.2. The van der Waals surface area contributed by atoms with Gasteiger partial charge in [0.2, 0.25) is 0 Å². The second kappa shape index (κ2) is 19.5. The maximum Gasteiger partial charge on any atom is 0.307 e. The van der Waals surface area contributed by atoms with E-state index >= 15 is 0 Å². The summed E-state index contributed by atoms with van der Waals surface area (Å²) in [6.07, 6.45) is 26.4. The first-order chi connectivity index (χ1) is 15.2. The Balaban J connectivity index is 3.86. The first-order valence-electron chi connectivity index (χ1n) is 12.1. The number of esters is 1. The van der Waals surface area contributed by atoms with E-state index in [9.17, 15) is 9.59 Å². The molecule has 1 N–H and O–H groups in total. The van der Waals surface area contributed by atoms with Gasteiger partial charge in [0, 0.05) is 6.42 Å². The average molecular weight is 449 g/mol. The Morgan fingerprint density at radius 2 is 1.31 bits per heavy atom. The Morgan fingerprint density at radius 3 is 1.78 bits per heavy atom. The Labute approximate surface area is 196 Å². The fourth-order valence-corrected chi connectivity index (χ4v) is 3.12. The Morgan fingerprint density at radius 1 is 0.812 bits per heavy atom. The number of ether oxygens (including phenoxy) is 1. The van der Waals surface area contributed by atoms with Crippen LogP contribution in [0, 0.1) is 0 Å². The summed E-state index contributed by atoms with van der Waals surface area (Å²) >= 11 is 0. The van der Waals surface area contributed by atoms with Crippen molar-refractivity contribution in [2.45, 2.75) is 83.7 Å². The molecule has 0 radical (unpaired) electrons. The topological polar surface area (TPSA) is 63.6 Å². The van der Waals surface area contributed by atoms with Crippen molar-refractivity contribution in [1.29, 1.82) is 0 Å². The molecule has 0 aliphatic rings. The SMILES string of the molecule is CCCCC/C=C\C/C=C\C/C=C\C/C=C\CCCC(=O)O[C@@H](CC(=O)O)C[N+](C)(C)C. The van der Waals surface area contributed by atoms with Crippen LogP contribution < -0.4 is 0 Å². The number of carbonyl (C=O) groups excluding carboxylic acids is 1. The standard InChI is InChI=1S/C27H45NO4/c1-5-6-7-8-9-10-11-12-13-14-15-16-17-18-19-20-21-22-27(31)32-25(23-26(29)30)24-28(2,3)4/h9-10,12-13,15-16,18-19,25H,5-8,11,14,17,20-24H2,1-4H3/p+1/b10-9-,13-12-,16-15-,19-18-/t25-/m0/s1. The maximum atomic E-state index is 12.0. The van der Waals surface area contributed by atoms with Crippen LogP contribution in [0.4, 0.5) is 0 Å². The molecule has 0 bridgehead atoms. The molecule has 0 fully saturated rings. The minimum absolute atomic E-state index is 0.154. The number of nitrogens with zero attached hydrogens (tertiary/aromatic N) is 1. The Bertz CT molecular complexity index is 612. The lowest BCUT2D eigenvalue weighted by Gasteiger charge is -2.28. The van der Waals surface area contributed by atoms with E-state index in [2.05, 4.69) is 55.5 Å². The predicted octanol–water partition coefficient (Wildman–Crippen LogP) is 6.22. The zero-order valence-electron chi connectivity index (χ0n) is 20.8. The largest absolute Gasteiger partial charge is 0.481 e. The van der Waals surface area contributed by atoms with Crippen molar-refractivity contribution in [1.82, 2.24) is 0 Å². The highest BCUT2D eigenvalue weighted by atomic mass is 16.5. The molecule has 0 rings (SSSR count). The maximum absolute atomic E-state index is 12.0. The number of unbranched alkanes of at least 4 members (excludes halogenated alkanes) is 4. The summed E-state index contributed by atoms with van der Waals surface area (Å²) in [6.45, 7) is 2.71. The van der Waals surface area contributed by atoms with Crippen molar-refractivity contribution >= 4 is 11.9 Å². The summed E-state index contributed by atoms with van der Waals surface area (Å²) in [5.41, 5.74) is 0. The summed E-state index contributed by atoms with van der Waals surface area (Å²) in [7, 11) is 5.85. The predicted molar refractivity (Wildman–Crippen MR) is 133 cm³/mol. The second-order valence-corrected chi connectivity index (χ2v) is 9.16. The van der Waals surface area contributed by atoms with Crippen LogP contribution in [0.2, 0.25) is 0 Å². The van der Waals surface area contributed by atoms with Crippen molar-refractivity contribution in [2.75, 3.05) is 27.7 Å². The number of aliphatic carboxylic acids is 1. The summed E-state index contributed by atoms with van der Waals surface area (Å²) in [4.78, 5) is 23.0. The third kappa shape index (κ3) is 22.5. The van der Waals surface area contributed by atoms with E-state index in [1.54, 1.807) is 0 Å². The number of carboxylic acids is 1. The Kier molecular flexibility index (Phi) is 18.2. The molecule has 5 heteroatoms. The van der Waals surface area contributed by atoms with Crippen LogP contribution in [0.5, 0.6) is 0 Å². The van der Waals surface area contributed by atoms with Crippen LogP contribution in [0.3, 0.4) is 0 Å². The number of allylic oxidation sites excluding steroid dienone is 8. The van der Waals surface area contributed by atoms with E-state index in [-0.39, 0.29) is 12.4 Å². The van der Waals surface area contributed by atoms with Crippen LogP contribution in [0.1, 0.15) is 77.6 Å². The van der Waals surface area contributed by atoms with Crippen LogP contribution in [0.15, 0.2) is 48.6 Å². The molecular formula is C27H46NO4+. The number of rotatable bonds is 19. The lowest BCUT2D eigenvalue weighted by molar-refractivity contribution is -0.873. The van der Waals surface area contributed by atoms with Gasteiger partial charge in [-0.2, -0.15) is 0 Å². The molecule has 0 aromatic heterocycles. The highest BCUT2D eigenvalue weighted by Crippen LogP contribution is 2.08. The van der Waals surface area contributed by atoms with Gasteiger partial charge in [0.1, 0.15) is 6.54 Å². The average Bonchev–Trinajstić information content (AvgIpc) is 2.68. The van der Waals surface area contributed by atoms with Gasteiger partial charge in [-0.3, -0.25) is 9.59 Å². The first-order valence-corrected chi connectivity index (χ1v) is 12.1. The van der Waals surface area contributed by atoms with Gasteiger partial charge in [-0.1, -0.05) is 68.4 Å². The number of hydrogen-bond acceptors (Lipinski definition) is 3. The number of carboxylic acid groups (broad SMARTS) is 1. The van der Waals surface area contributed by atoms with Crippen molar-refractivity contribution in [3.05, 3.63) is 48.6 Å². The molecule has 5 nitrogen and oxygen atoms in total. The van der Waals surface area contributed by atoms with Crippen LogP contribution in [0.25, 0.3) is 0 Å². The van der Waals surface area contributed by atoms with E-state index in [0.717, 1.165) is 25.7 Å². The van der Waals surface area contributed by atoms with E-state index in [0.29, 0.717) is 23.9 Å². The zero-order chi connectivity index (χ0) is 24.1. The summed E-state index contributed by atoms with van der Waals surface area (Å²) < 4.78 is 5.93. The Hall–Kier alpha value is -2.14. The third-order valence-corrected chi connectivity index (χ3v) is 4.66. The van der Waals surface area contributed by atoms with Crippen LogP contribution in [-0.2, 0) is 14.3 Å². The van der Waals surface area contributed by atoms with Crippen molar-refractivity contribution in [2.24, 2.45) is 0 Å². The van der Waals surface area contributed by atoms with E-state index < -0.39 is 12.1 Å². The molecule has 0 aliphatic carbocycles. The monoisotopic (exact) mass is 448 g/mol. The smallest absolute Gasteiger partial charge is 0.307 e. The minimum Gasteiger partial charge on any atom is -0.481 e. The van der Waals surface area contributed by atoms with E-state index in [1.165, 1.54) is 25.7 Å². The number of quaternary nitrogens is 1. The van der Waals surface area contributed by atoms with Gasteiger partial charge in [0.05, 0.1) is 27.6 Å². The lowest BCUT2D eigenvalue weighted by Crippen LogP contribution is -2.43. The molecule has 182 valence electrons. The van der Waals surface area contributed by atoms with Crippen LogP contribution in [-0.4, -0.2) is 55.3 Å². The molecule has 32 heavy (non-hydrogen) atoms. The summed E-state index contributed by atoms with van der Waals surface area (Å²) in [6, 6.07) is 0. The number of carbonyl (C=O) groups is 2. The molecule has 0 spiro atoms. The fourth-order valence-electron chi connectivity index (χ4n) is 3.12. The van der Waals surface area contributed by atoms with Crippen LogP contribution >= 0.6 is 0 Å². The fraction of sp³-hybridized carbons (Fsp3) is 0.630. The minimum atomic E-state index is -0.947. The van der Waals surface area contributed by atoms with Crippen molar-refractivity contribution < 1.29 is 23.9 Å². The molecule has 1 atom stereocenters. The van der Waals surface area contributed by atoms with Gasteiger partial charge in [0.25, 0.3) is 0 Å². The van der Waals surface area contributed by atoms with Gasteiger partial charge in [-0.25, -0.2) is 0 Å². The van der Waals surface area contributed by atoms with Gasteiger partial charge in [-0.15, -0.1) is 0 Å². The first kappa shape index (κ1) is 29.9. The van der Waals surface area contributed by atoms with Gasteiger partial charge in [0.15, 0.2) is 6.10 Å².